The van der Waals surface area contributed by atoms with Gasteiger partial charge < -0.3 is 19.7 Å². The Labute approximate surface area is 184 Å². The number of carbonyl (C=O) groups excluding carboxylic acids is 2. The molecule has 6 nitrogen and oxygen atoms in total. The van der Waals surface area contributed by atoms with Gasteiger partial charge in [-0.3, -0.25) is 9.59 Å². The quantitative estimate of drug-likeness (QED) is 0.535. The van der Waals surface area contributed by atoms with Gasteiger partial charge in [-0.15, -0.1) is 0 Å². The van der Waals surface area contributed by atoms with Crippen LogP contribution in [0.15, 0.2) is 0 Å². The number of methoxy groups -OCH3 is 1. The molecule has 1 N–H and O–H groups in total. The number of hydrogen-bond acceptors (Lipinski definition) is 4. The minimum absolute atomic E-state index is 0.0270. The van der Waals surface area contributed by atoms with E-state index >= 15 is 0 Å². The molecule has 1 aliphatic heterocycles. The lowest BCUT2D eigenvalue weighted by molar-refractivity contribution is -0.151. The van der Waals surface area contributed by atoms with E-state index in [0.29, 0.717) is 25.8 Å². The molecule has 30 heavy (non-hydrogen) atoms. The molecule has 0 aromatic rings. The van der Waals surface area contributed by atoms with Crippen LogP contribution in [0.2, 0.25) is 0 Å². The normalized spacial score (nSPS) is 20.2. The Morgan fingerprint density at radius 3 is 2.23 bits per heavy atom. The van der Waals surface area contributed by atoms with Gasteiger partial charge in [0.2, 0.25) is 11.8 Å². The van der Waals surface area contributed by atoms with Crippen molar-refractivity contribution in [1.82, 2.24) is 10.2 Å². The average Bonchev–Trinajstić information content (AvgIpc) is 3.08. The molecule has 0 radical (unpaired) electrons. The molecule has 176 valence electrons. The molecule has 1 heterocycles. The SMILES string of the molecule is CCC(C)OC(C)(C)CC(C)(C)C(=O)N1CCCC1C(=O)NC(C)CC(C)(C)OC. The zero-order chi connectivity index (χ0) is 23.3. The van der Waals surface area contributed by atoms with Crippen molar-refractivity contribution in [1.29, 1.82) is 0 Å². The van der Waals surface area contributed by atoms with Gasteiger partial charge in [0.1, 0.15) is 6.04 Å². The molecule has 1 saturated heterocycles. The van der Waals surface area contributed by atoms with E-state index in [0.717, 1.165) is 12.8 Å². The number of rotatable bonds is 11. The van der Waals surface area contributed by atoms with Crippen molar-refractivity contribution in [3.05, 3.63) is 0 Å². The number of carbonyl (C=O) groups is 2. The average molecular weight is 427 g/mol. The van der Waals surface area contributed by atoms with Crippen LogP contribution in [0.1, 0.15) is 94.4 Å². The van der Waals surface area contributed by atoms with Crippen molar-refractivity contribution < 1.29 is 19.1 Å². The fourth-order valence-electron chi connectivity index (χ4n) is 4.69. The van der Waals surface area contributed by atoms with E-state index in [4.69, 9.17) is 9.47 Å². The van der Waals surface area contributed by atoms with Gasteiger partial charge in [-0.05, 0) is 73.6 Å². The second-order valence-corrected chi connectivity index (χ2v) is 10.9. The fourth-order valence-corrected chi connectivity index (χ4v) is 4.69. The summed E-state index contributed by atoms with van der Waals surface area (Å²) in [5, 5.41) is 3.09. The summed E-state index contributed by atoms with van der Waals surface area (Å²) in [5.74, 6) is -0.0305. The second kappa shape index (κ2) is 10.4. The Hall–Kier alpha value is -1.14. The molecule has 0 aromatic carbocycles. The first kappa shape index (κ1) is 26.9. The van der Waals surface area contributed by atoms with E-state index in [2.05, 4.69) is 19.2 Å². The fraction of sp³-hybridized carbons (Fsp3) is 0.917. The van der Waals surface area contributed by atoms with Gasteiger partial charge >= 0.3 is 0 Å². The Morgan fingerprint density at radius 1 is 1.10 bits per heavy atom. The van der Waals surface area contributed by atoms with Crippen molar-refractivity contribution >= 4 is 11.8 Å². The molecule has 0 saturated carbocycles. The van der Waals surface area contributed by atoms with Gasteiger partial charge in [-0.1, -0.05) is 20.8 Å². The maximum atomic E-state index is 13.4. The summed E-state index contributed by atoms with van der Waals surface area (Å²) < 4.78 is 11.6. The number of hydrogen-bond donors (Lipinski definition) is 1. The highest BCUT2D eigenvalue weighted by Crippen LogP contribution is 2.35. The van der Waals surface area contributed by atoms with E-state index in [1.165, 1.54) is 0 Å². The minimum Gasteiger partial charge on any atom is -0.379 e. The maximum absolute atomic E-state index is 13.4. The first-order valence-corrected chi connectivity index (χ1v) is 11.5. The summed E-state index contributed by atoms with van der Waals surface area (Å²) in [7, 11) is 1.68. The standard InChI is InChI=1S/C24H46N2O4/c1-11-18(3)30-24(8,9)16-22(4,5)21(28)26-14-12-13-19(26)20(27)25-17(2)15-23(6,7)29-10/h17-19H,11-16H2,1-10H3,(H,25,27). The maximum Gasteiger partial charge on any atom is 0.243 e. The van der Waals surface area contributed by atoms with Gasteiger partial charge in [-0.25, -0.2) is 0 Å². The lowest BCUT2D eigenvalue weighted by Crippen LogP contribution is -2.53. The first-order valence-electron chi connectivity index (χ1n) is 11.5. The van der Waals surface area contributed by atoms with Gasteiger partial charge in [0.05, 0.1) is 17.3 Å². The van der Waals surface area contributed by atoms with Crippen LogP contribution in [0, 0.1) is 5.41 Å². The topological polar surface area (TPSA) is 67.9 Å². The van der Waals surface area contributed by atoms with Gasteiger partial charge in [-0.2, -0.15) is 0 Å². The van der Waals surface area contributed by atoms with Gasteiger partial charge in [0.25, 0.3) is 0 Å². The molecule has 3 unspecified atom stereocenters. The summed E-state index contributed by atoms with van der Waals surface area (Å²) in [6.07, 6.45) is 3.96. The molecule has 0 spiro atoms. The molecule has 0 bridgehead atoms. The Bertz CT molecular complexity index is 586. The van der Waals surface area contributed by atoms with Crippen molar-refractivity contribution in [3.63, 3.8) is 0 Å². The van der Waals surface area contributed by atoms with Gasteiger partial charge in [0.15, 0.2) is 0 Å². The predicted molar refractivity (Wildman–Crippen MR) is 121 cm³/mol. The number of amides is 2. The number of nitrogens with zero attached hydrogens (tertiary/aromatic N) is 1. The summed E-state index contributed by atoms with van der Waals surface area (Å²) >= 11 is 0. The highest BCUT2D eigenvalue weighted by atomic mass is 16.5. The van der Waals surface area contributed by atoms with Crippen LogP contribution in [0.5, 0.6) is 0 Å². The van der Waals surface area contributed by atoms with E-state index in [1.807, 2.05) is 48.5 Å². The van der Waals surface area contributed by atoms with Crippen LogP contribution in [0.4, 0.5) is 0 Å². The molecule has 1 rings (SSSR count). The zero-order valence-corrected chi connectivity index (χ0v) is 21.1. The highest BCUT2D eigenvalue weighted by molar-refractivity contribution is 5.90. The molecule has 6 heteroatoms. The third kappa shape index (κ3) is 7.84. The van der Waals surface area contributed by atoms with Crippen LogP contribution in [-0.2, 0) is 19.1 Å². The Balaban J connectivity index is 2.81. The van der Waals surface area contributed by atoms with Crippen LogP contribution in [-0.4, -0.2) is 59.8 Å². The summed E-state index contributed by atoms with van der Waals surface area (Å²) in [5.41, 5.74) is -1.32. The highest BCUT2D eigenvalue weighted by Gasteiger charge is 2.43. The van der Waals surface area contributed by atoms with Crippen molar-refractivity contribution in [2.75, 3.05) is 13.7 Å². The van der Waals surface area contributed by atoms with Crippen molar-refractivity contribution in [2.45, 2.75) is 124 Å². The number of nitrogens with one attached hydrogen (secondary N) is 1. The number of likely N-dealkylation sites (tertiary alicyclic amines) is 1. The molecule has 1 fully saturated rings. The minimum atomic E-state index is -0.608. The zero-order valence-electron chi connectivity index (χ0n) is 21.1. The lowest BCUT2D eigenvalue weighted by Gasteiger charge is -2.39. The summed E-state index contributed by atoms with van der Waals surface area (Å²) in [4.78, 5) is 28.2. The van der Waals surface area contributed by atoms with Crippen LogP contribution < -0.4 is 5.32 Å². The summed E-state index contributed by atoms with van der Waals surface area (Å²) in [6, 6.07) is -0.427. The second-order valence-electron chi connectivity index (χ2n) is 10.9. The Kier molecular flexibility index (Phi) is 9.37. The first-order chi connectivity index (χ1) is 13.6. The lowest BCUT2D eigenvalue weighted by atomic mass is 9.80. The molecule has 2 amide bonds. The molecule has 0 aromatic heterocycles. The number of ether oxygens (including phenoxy) is 2. The van der Waals surface area contributed by atoms with Crippen molar-refractivity contribution in [3.8, 4) is 0 Å². The van der Waals surface area contributed by atoms with E-state index in [-0.39, 0.29) is 29.6 Å². The summed E-state index contributed by atoms with van der Waals surface area (Å²) in [6.45, 7) is 18.8. The predicted octanol–water partition coefficient (Wildman–Crippen LogP) is 4.31. The van der Waals surface area contributed by atoms with Gasteiger partial charge in [0, 0.05) is 25.1 Å². The van der Waals surface area contributed by atoms with E-state index in [1.54, 1.807) is 12.0 Å². The largest absolute Gasteiger partial charge is 0.379 e. The van der Waals surface area contributed by atoms with E-state index < -0.39 is 17.1 Å². The van der Waals surface area contributed by atoms with E-state index in [9.17, 15) is 9.59 Å². The molecular formula is C24H46N2O4. The van der Waals surface area contributed by atoms with Crippen LogP contribution in [0.25, 0.3) is 0 Å². The molecule has 1 aliphatic rings. The Morgan fingerprint density at radius 2 is 1.70 bits per heavy atom. The third-order valence-corrected chi connectivity index (χ3v) is 6.10. The molecule has 3 atom stereocenters. The monoisotopic (exact) mass is 426 g/mol. The molecular weight excluding hydrogens is 380 g/mol. The smallest absolute Gasteiger partial charge is 0.243 e. The van der Waals surface area contributed by atoms with Crippen LogP contribution in [0.3, 0.4) is 0 Å². The van der Waals surface area contributed by atoms with Crippen LogP contribution >= 0.6 is 0 Å². The third-order valence-electron chi connectivity index (χ3n) is 6.10. The van der Waals surface area contributed by atoms with Crippen molar-refractivity contribution in [2.24, 2.45) is 5.41 Å². The molecule has 0 aliphatic carbocycles.